The van der Waals surface area contributed by atoms with Gasteiger partial charge in [0.2, 0.25) is 5.91 Å². The monoisotopic (exact) mass is 300 g/mol. The molecule has 0 unspecified atom stereocenters. The van der Waals surface area contributed by atoms with Gasteiger partial charge in [-0.15, -0.1) is 0 Å². The van der Waals surface area contributed by atoms with Crippen LogP contribution >= 0.6 is 0 Å². The van der Waals surface area contributed by atoms with Crippen molar-refractivity contribution in [1.82, 2.24) is 0 Å². The van der Waals surface area contributed by atoms with Crippen LogP contribution in [0.2, 0.25) is 0 Å². The molecule has 1 amide bonds. The molecule has 0 radical (unpaired) electrons. The molecule has 0 heterocycles. The first-order valence-electron chi connectivity index (χ1n) is 6.92. The largest absolute Gasteiger partial charge is 0.375 e. The van der Waals surface area contributed by atoms with Crippen molar-refractivity contribution < 1.29 is 18.3 Å². The number of amides is 1. The van der Waals surface area contributed by atoms with Gasteiger partial charge in [0.15, 0.2) is 0 Å². The molecular formula is C15H22F2N2O2. The topological polar surface area (TPSA) is 55.6 Å². The van der Waals surface area contributed by atoms with E-state index in [1.807, 2.05) is 38.1 Å². The van der Waals surface area contributed by atoms with Crippen LogP contribution in [0.25, 0.3) is 0 Å². The number of halogens is 2. The summed E-state index contributed by atoms with van der Waals surface area (Å²) in [5, 5.41) is 0. The molecule has 118 valence electrons. The second-order valence-corrected chi connectivity index (χ2v) is 4.94. The highest BCUT2D eigenvalue weighted by atomic mass is 19.3. The second-order valence-electron chi connectivity index (χ2n) is 4.94. The molecule has 4 nitrogen and oxygen atoms in total. The van der Waals surface area contributed by atoms with Gasteiger partial charge in [0.1, 0.15) is 6.61 Å². The van der Waals surface area contributed by atoms with Crippen LogP contribution in [0.3, 0.4) is 0 Å². The first-order valence-corrected chi connectivity index (χ1v) is 6.92. The molecule has 1 aromatic rings. The zero-order valence-corrected chi connectivity index (χ0v) is 12.4. The predicted octanol–water partition coefficient (Wildman–Crippen LogP) is 2.56. The summed E-state index contributed by atoms with van der Waals surface area (Å²) in [5.74, 6) is -0.153. The van der Waals surface area contributed by atoms with Gasteiger partial charge < -0.3 is 15.4 Å². The van der Waals surface area contributed by atoms with E-state index in [1.165, 1.54) is 0 Å². The maximum Gasteiger partial charge on any atom is 0.261 e. The third kappa shape index (κ3) is 5.77. The normalized spacial score (nSPS) is 11.2. The molecule has 2 N–H and O–H groups in total. The minimum atomic E-state index is -2.51. The number of carbonyl (C=O) groups is 1. The maximum atomic E-state index is 12.2. The van der Waals surface area contributed by atoms with Crippen molar-refractivity contribution >= 4 is 11.6 Å². The highest BCUT2D eigenvalue weighted by molar-refractivity contribution is 5.93. The molecule has 21 heavy (non-hydrogen) atoms. The Balaban J connectivity index is 2.65. The number of anilines is 1. The molecule has 1 rings (SSSR count). The first-order chi connectivity index (χ1) is 9.95. The van der Waals surface area contributed by atoms with Crippen LogP contribution in [0.4, 0.5) is 14.5 Å². The number of rotatable bonds is 8. The van der Waals surface area contributed by atoms with E-state index in [9.17, 15) is 13.6 Å². The summed E-state index contributed by atoms with van der Waals surface area (Å²) in [7, 11) is 0. The number of hydrogen-bond donors (Lipinski definition) is 1. The smallest absolute Gasteiger partial charge is 0.261 e. The molecule has 0 saturated heterocycles. The van der Waals surface area contributed by atoms with Gasteiger partial charge in [0.25, 0.3) is 6.43 Å². The number of benzene rings is 1. The fourth-order valence-corrected chi connectivity index (χ4v) is 1.98. The number of ether oxygens (including phenoxy) is 1. The lowest BCUT2D eigenvalue weighted by atomic mass is 10.1. The van der Waals surface area contributed by atoms with E-state index in [1.54, 1.807) is 4.90 Å². The van der Waals surface area contributed by atoms with Crippen molar-refractivity contribution in [2.45, 2.75) is 39.3 Å². The fraction of sp³-hybridized carbons (Fsp3) is 0.533. The average molecular weight is 300 g/mol. The first kappa shape index (κ1) is 17.5. The lowest BCUT2D eigenvalue weighted by molar-refractivity contribution is -0.120. The number of alkyl halides is 2. The van der Waals surface area contributed by atoms with Gasteiger partial charge >= 0.3 is 0 Å². The second kappa shape index (κ2) is 8.69. The Morgan fingerprint density at radius 2 is 1.90 bits per heavy atom. The minimum Gasteiger partial charge on any atom is -0.375 e. The number of carbonyl (C=O) groups excluding carboxylic acids is 1. The Kier molecular flexibility index (Phi) is 7.25. The molecular weight excluding hydrogens is 278 g/mol. The Morgan fingerprint density at radius 1 is 1.29 bits per heavy atom. The lowest BCUT2D eigenvalue weighted by Gasteiger charge is -2.27. The zero-order valence-electron chi connectivity index (χ0n) is 12.4. The number of hydrogen-bond acceptors (Lipinski definition) is 3. The van der Waals surface area contributed by atoms with Crippen molar-refractivity contribution in [2.24, 2.45) is 5.73 Å². The minimum absolute atomic E-state index is 0.00667. The van der Waals surface area contributed by atoms with Crippen LogP contribution in [0.15, 0.2) is 24.3 Å². The van der Waals surface area contributed by atoms with Crippen LogP contribution in [-0.2, 0) is 16.1 Å². The molecule has 1 aromatic carbocycles. The summed E-state index contributed by atoms with van der Waals surface area (Å²) in [4.78, 5) is 13.8. The number of nitrogens with zero attached hydrogens (tertiary/aromatic N) is 1. The van der Waals surface area contributed by atoms with Gasteiger partial charge in [-0.1, -0.05) is 12.1 Å². The predicted molar refractivity (Wildman–Crippen MR) is 78.4 cm³/mol. The van der Waals surface area contributed by atoms with Crippen LogP contribution < -0.4 is 10.6 Å². The van der Waals surface area contributed by atoms with Gasteiger partial charge in [0, 0.05) is 18.3 Å². The van der Waals surface area contributed by atoms with E-state index in [-0.39, 0.29) is 25.0 Å². The van der Waals surface area contributed by atoms with E-state index in [4.69, 9.17) is 10.5 Å². The molecule has 0 saturated carbocycles. The Labute approximate surface area is 123 Å². The van der Waals surface area contributed by atoms with Gasteiger partial charge in [-0.25, -0.2) is 8.78 Å². The number of nitrogens with two attached hydrogens (primary N) is 1. The van der Waals surface area contributed by atoms with Crippen LogP contribution in [0, 0.1) is 0 Å². The molecule has 0 spiro atoms. The van der Waals surface area contributed by atoms with Crippen molar-refractivity contribution in [2.75, 3.05) is 18.1 Å². The van der Waals surface area contributed by atoms with Crippen molar-refractivity contribution in [3.8, 4) is 0 Å². The van der Waals surface area contributed by atoms with Gasteiger partial charge in [-0.2, -0.15) is 0 Å². The molecule has 0 bridgehead atoms. The Bertz CT molecular complexity index is 436. The quantitative estimate of drug-likeness (QED) is 0.751. The van der Waals surface area contributed by atoms with Gasteiger partial charge in [0.05, 0.1) is 13.0 Å². The SMILES string of the molecule is CC(C)N(C(=O)CCOCC(F)F)c1ccc(CN)cc1. The lowest BCUT2D eigenvalue weighted by Crippen LogP contribution is -2.37. The van der Waals surface area contributed by atoms with Crippen LogP contribution in [-0.4, -0.2) is 31.6 Å². The van der Waals surface area contributed by atoms with E-state index in [0.717, 1.165) is 11.3 Å². The molecule has 6 heteroatoms. The van der Waals surface area contributed by atoms with Crippen molar-refractivity contribution in [3.63, 3.8) is 0 Å². The van der Waals surface area contributed by atoms with Crippen LogP contribution in [0.1, 0.15) is 25.8 Å². The third-order valence-corrected chi connectivity index (χ3v) is 2.94. The highest BCUT2D eigenvalue weighted by Crippen LogP contribution is 2.19. The van der Waals surface area contributed by atoms with Gasteiger partial charge in [-0.3, -0.25) is 4.79 Å². The summed E-state index contributed by atoms with van der Waals surface area (Å²) in [6, 6.07) is 7.37. The molecule has 0 atom stereocenters. The van der Waals surface area contributed by atoms with Crippen molar-refractivity contribution in [3.05, 3.63) is 29.8 Å². The fourth-order valence-electron chi connectivity index (χ4n) is 1.98. The molecule has 0 fully saturated rings. The third-order valence-electron chi connectivity index (χ3n) is 2.94. The van der Waals surface area contributed by atoms with E-state index in [2.05, 4.69) is 0 Å². The molecule has 0 aliphatic rings. The summed E-state index contributed by atoms with van der Waals surface area (Å²) in [5.41, 5.74) is 7.29. The maximum absolute atomic E-state index is 12.2. The summed E-state index contributed by atoms with van der Waals surface area (Å²) >= 11 is 0. The van der Waals surface area contributed by atoms with E-state index >= 15 is 0 Å². The van der Waals surface area contributed by atoms with E-state index < -0.39 is 13.0 Å². The Morgan fingerprint density at radius 3 is 2.38 bits per heavy atom. The van der Waals surface area contributed by atoms with Gasteiger partial charge in [-0.05, 0) is 31.5 Å². The summed E-state index contributed by atoms with van der Waals surface area (Å²) < 4.78 is 28.7. The summed E-state index contributed by atoms with van der Waals surface area (Å²) in [6.45, 7) is 3.59. The molecule has 0 aliphatic carbocycles. The summed E-state index contributed by atoms with van der Waals surface area (Å²) in [6.07, 6.45) is -2.44. The standard InChI is InChI=1S/C15H22F2N2O2/c1-11(2)19(13-5-3-12(9-18)4-6-13)15(20)7-8-21-10-14(16)17/h3-6,11,14H,7-10,18H2,1-2H3. The van der Waals surface area contributed by atoms with Crippen LogP contribution in [0.5, 0.6) is 0 Å². The van der Waals surface area contributed by atoms with Crippen molar-refractivity contribution in [1.29, 1.82) is 0 Å². The van der Waals surface area contributed by atoms with E-state index in [0.29, 0.717) is 6.54 Å². The zero-order chi connectivity index (χ0) is 15.8. The molecule has 0 aliphatic heterocycles. The molecule has 0 aromatic heterocycles. The average Bonchev–Trinajstić information content (AvgIpc) is 2.44. The highest BCUT2D eigenvalue weighted by Gasteiger charge is 2.18. The Hall–Kier alpha value is -1.53.